The number of primary amides is 1. The zero-order chi connectivity index (χ0) is 89.7. The highest BCUT2D eigenvalue weighted by Crippen LogP contribution is 2.34. The summed E-state index contributed by atoms with van der Waals surface area (Å²) >= 11 is -2.47. The van der Waals surface area contributed by atoms with Crippen LogP contribution in [0.2, 0.25) is 0 Å². The van der Waals surface area contributed by atoms with Gasteiger partial charge >= 0.3 is 30.1 Å². The fourth-order valence-corrected chi connectivity index (χ4v) is 14.7. The monoisotopic (exact) mass is 1740 g/mol. The Balaban J connectivity index is 1.06. The Hall–Kier alpha value is -10.7. The van der Waals surface area contributed by atoms with Crippen LogP contribution in [0.25, 0.3) is 10.9 Å². The van der Waals surface area contributed by atoms with E-state index in [1.54, 1.807) is 52.8 Å². The van der Waals surface area contributed by atoms with Crippen molar-refractivity contribution < 1.29 is 144 Å². The number of hydroxylamine groups is 1. The van der Waals surface area contributed by atoms with E-state index in [9.17, 15) is 87.2 Å². The van der Waals surface area contributed by atoms with Gasteiger partial charge < -0.3 is 130 Å². The van der Waals surface area contributed by atoms with Crippen LogP contribution in [0.4, 0.5) is 9.59 Å². The van der Waals surface area contributed by atoms with Gasteiger partial charge in [0, 0.05) is 100 Å². The van der Waals surface area contributed by atoms with Gasteiger partial charge in [0.05, 0.1) is 89.7 Å². The molecule has 5 heterocycles. The number of aromatic nitrogens is 1. The topological polar surface area (TPSA) is 598 Å². The second-order valence-corrected chi connectivity index (χ2v) is 32.0. The largest absolute Gasteiger partial charge is 0.610 e. The predicted octanol–water partition coefficient (Wildman–Crippen LogP) is -2.28. The number of amides is 12. The van der Waals surface area contributed by atoms with Crippen LogP contribution in [0.5, 0.6) is 11.5 Å². The lowest BCUT2D eigenvalue weighted by atomic mass is 9.93. The number of carbonyl (C=O) groups is 15. The van der Waals surface area contributed by atoms with Crippen molar-refractivity contribution in [3.8, 4) is 11.5 Å². The maximum Gasteiger partial charge on any atom is 0.431 e. The zero-order valence-corrected chi connectivity index (χ0v) is 70.6. The molecule has 15 atom stereocenters. The summed E-state index contributed by atoms with van der Waals surface area (Å²) in [5.41, 5.74) is 7.45. The number of nitrogens with one attached hydrogen (secondary N) is 10. The minimum absolute atomic E-state index is 0.0112. The highest BCUT2D eigenvalue weighted by Gasteiger charge is 2.49. The molecule has 676 valence electrons. The van der Waals surface area contributed by atoms with Gasteiger partial charge in [-0.2, -0.15) is 5.48 Å². The lowest BCUT2D eigenvalue weighted by Crippen LogP contribution is -2.62. The van der Waals surface area contributed by atoms with E-state index >= 15 is 4.55 Å². The first-order chi connectivity index (χ1) is 57.9. The number of aliphatic hydroxyl groups excluding tert-OH is 3. The fraction of sp³-hybridized carbons (Fsp3) is 0.628. The Morgan fingerprint density at radius 1 is 0.779 bits per heavy atom. The molecule has 44 heteroatoms. The van der Waals surface area contributed by atoms with Crippen LogP contribution < -0.4 is 63.2 Å². The van der Waals surface area contributed by atoms with Gasteiger partial charge in [-0.25, -0.2) is 14.4 Å². The van der Waals surface area contributed by atoms with Crippen LogP contribution >= 0.6 is 0 Å². The van der Waals surface area contributed by atoms with E-state index in [0.29, 0.717) is 37.7 Å². The van der Waals surface area contributed by atoms with E-state index in [-0.39, 0.29) is 104 Å². The number of aromatic amines is 1. The molecule has 2 saturated heterocycles. The summed E-state index contributed by atoms with van der Waals surface area (Å²) in [6.07, 6.45) is -10.0. The van der Waals surface area contributed by atoms with E-state index in [2.05, 4.69) is 53.0 Å². The fourth-order valence-electron chi connectivity index (χ4n) is 13.4. The van der Waals surface area contributed by atoms with Gasteiger partial charge in [0.15, 0.2) is 18.2 Å². The molecule has 0 spiro atoms. The second kappa shape index (κ2) is 47.6. The molecule has 15 N–H and O–H groups in total. The zero-order valence-electron chi connectivity index (χ0n) is 69.8. The maximum absolute atomic E-state index is 15.3. The number of nitrogens with zero attached hydrogens (tertiary/aromatic N) is 2. The first-order valence-electron chi connectivity index (χ1n) is 40.0. The number of benzene rings is 2. The molecule has 12 amide bonds. The van der Waals surface area contributed by atoms with Gasteiger partial charge in [0.1, 0.15) is 65.8 Å². The summed E-state index contributed by atoms with van der Waals surface area (Å²) in [7, 11) is 2.61. The number of hydrogen-bond acceptors (Lipinski definition) is 30. The Kier molecular flexibility index (Phi) is 38.4. The molecule has 7 rings (SSSR count). The molecule has 2 fully saturated rings. The Labute approximate surface area is 706 Å². The van der Waals surface area contributed by atoms with Crippen LogP contribution in [0, 0.1) is 11.8 Å². The number of fused-ring (bicyclic) bond motifs is 5. The Morgan fingerprint density at radius 3 is 2.14 bits per heavy atom. The summed E-state index contributed by atoms with van der Waals surface area (Å²) in [6.45, 7) is 9.28. The van der Waals surface area contributed by atoms with Gasteiger partial charge in [-0.05, 0) is 75.8 Å². The number of ether oxygens (including phenoxy) is 10. The standard InChI is InChI=1S/C78H113N13O30S/c1-11-41(2)63-70(104)82-35-61(98)83-54-40-122(110)72-49(33-53(67(101)81-36-62(99)87-63)85-71(105)64(42(3)56(96)38-92)88-69(103)55-31-46(95)37-91(55)73(106)51(84-68(54)102)19-21-60(79)97)48-18-17-47(32-52(48)86-72)114-24-15-13-12-14-23-90(9)77(109)115-39-45-16-20-57(119-75-59(118-44(5)94)34-58(117-43(4)93)65(120-75)74(107)111-10)50(30-45)66(100)80-22-25-112-26-27-113-28-29-116-89-76(108)121-78(6,7)8/h16-18,20,30,32,41-42,46,51,53-56,58-59,63-65,75,86,92,95-96H,11-15,19,21-29,31,33-40H2,1-10H3,(H2,79,97)(H,80,100)(H,81,101)(H,82,104)(H,83,98)(H,84,102)(H,85,105)(H,87,99)(H,88,103)(H,89,108)/t41-,42-,46+,51-,53-,54-,55-,56-,58-,59+,63-,64-,65-,75+,122?/m0/s1. The average Bonchev–Trinajstić information content (AvgIpc) is 1.45. The summed E-state index contributed by atoms with van der Waals surface area (Å²) in [6, 6.07) is -1.19. The number of hydrogen-bond donors (Lipinski definition) is 14. The second-order valence-electron chi connectivity index (χ2n) is 30.6. The number of esters is 3. The number of unbranched alkanes of at least 4 members (excludes halogenated alkanes) is 3. The average molecular weight is 1740 g/mol. The van der Waals surface area contributed by atoms with Crippen LogP contribution in [-0.2, 0) is 124 Å². The highest BCUT2D eigenvalue weighted by molar-refractivity contribution is 7.91. The summed E-state index contributed by atoms with van der Waals surface area (Å²) in [4.78, 5) is 215. The molecule has 43 nitrogen and oxygen atoms in total. The molecule has 1 unspecified atom stereocenters. The predicted molar refractivity (Wildman–Crippen MR) is 425 cm³/mol. The molecule has 2 aromatic carbocycles. The van der Waals surface area contributed by atoms with E-state index in [1.807, 2.05) is 0 Å². The van der Waals surface area contributed by atoms with Crippen LogP contribution in [0.3, 0.4) is 0 Å². The Bertz CT molecular complexity index is 4170. The number of H-pyrrole nitrogens is 1. The molecule has 0 radical (unpaired) electrons. The van der Waals surface area contributed by atoms with Crippen LogP contribution in [-0.4, -0.2) is 301 Å². The Morgan fingerprint density at radius 2 is 1.46 bits per heavy atom. The molecule has 4 aliphatic rings. The van der Waals surface area contributed by atoms with Crippen LogP contribution in [0.1, 0.15) is 135 Å². The van der Waals surface area contributed by atoms with Crippen molar-refractivity contribution in [3.63, 3.8) is 0 Å². The number of carbonyl (C=O) groups excluding carboxylic acids is 15. The molecule has 0 aliphatic carbocycles. The van der Waals surface area contributed by atoms with E-state index in [1.165, 1.54) is 37.1 Å². The van der Waals surface area contributed by atoms with Gasteiger partial charge in [-0.1, -0.05) is 46.1 Å². The van der Waals surface area contributed by atoms with Crippen molar-refractivity contribution in [1.82, 2.24) is 62.8 Å². The number of rotatable bonds is 34. The molecular formula is C78H113N13O30S. The van der Waals surface area contributed by atoms with Crippen molar-refractivity contribution in [1.29, 1.82) is 0 Å². The third-order valence-electron chi connectivity index (χ3n) is 19.9. The summed E-state index contributed by atoms with van der Waals surface area (Å²) in [5.74, 6) is -14.9. The number of methoxy groups -OCH3 is 1. The van der Waals surface area contributed by atoms with Crippen molar-refractivity contribution >= 4 is 111 Å². The lowest BCUT2D eigenvalue weighted by molar-refractivity contribution is -0.248. The summed E-state index contributed by atoms with van der Waals surface area (Å²) < 4.78 is 71.2. The van der Waals surface area contributed by atoms with Crippen LogP contribution in [0.15, 0.2) is 41.4 Å². The van der Waals surface area contributed by atoms with Gasteiger partial charge in [-0.15, -0.1) is 0 Å². The van der Waals surface area contributed by atoms with E-state index < -0.39 is 249 Å². The first-order valence-corrected chi connectivity index (χ1v) is 41.3. The molecule has 1 aromatic heterocycles. The van der Waals surface area contributed by atoms with Gasteiger partial charge in [-0.3, -0.25) is 62.4 Å². The van der Waals surface area contributed by atoms with Crippen molar-refractivity contribution in [2.45, 2.75) is 210 Å². The third kappa shape index (κ3) is 30.1. The minimum Gasteiger partial charge on any atom is -0.610 e. The highest BCUT2D eigenvalue weighted by atomic mass is 32.2. The molecule has 4 aliphatic heterocycles. The van der Waals surface area contributed by atoms with Crippen molar-refractivity contribution in [2.75, 3.05) is 98.9 Å². The number of aliphatic hydroxyl groups is 3. The van der Waals surface area contributed by atoms with Crippen molar-refractivity contribution in [2.24, 2.45) is 17.6 Å². The molecule has 122 heavy (non-hydrogen) atoms. The SMILES string of the molecule is CC[C@H](C)[C@@H]1NC(=O)CNC(=O)[C@@H]2Cc3c([nH]c4cc(OCCCCCCN(C)C(=O)OCc5ccc(O[C@@H]6O[C@H](C(=O)OC)[C@@H](OC(C)=O)C[C@H]6OC(C)=O)c(C(=O)NCCOCCOCCONC(=O)OC(C)(C)C)c5)ccc34)[S+]([O-])C[C@H](NC(=O)CNC1=O)C(=O)N[C@@H](CCC(N)=O)C(=O)N1C[C@H](O)C[C@H]1C(=O)N[C@@H]([C@@H](C)[C@@H](O)CO)C(=O)N2. The molecule has 2 bridgehead atoms. The number of nitrogens with two attached hydrogens (primary N) is 1. The van der Waals surface area contributed by atoms with E-state index in [0.717, 1.165) is 25.9 Å². The normalized spacial score (nSPS) is 23.5. The molecule has 3 aromatic rings. The quantitative estimate of drug-likeness (QED) is 0.00985. The molecule has 0 saturated carbocycles. The lowest BCUT2D eigenvalue weighted by Gasteiger charge is -2.38. The molecular weight excluding hydrogens is 1630 g/mol. The van der Waals surface area contributed by atoms with Gasteiger partial charge in [0.2, 0.25) is 64.5 Å². The smallest absolute Gasteiger partial charge is 0.431 e. The summed E-state index contributed by atoms with van der Waals surface area (Å²) in [5, 5.41) is 52.5. The van der Waals surface area contributed by atoms with Crippen molar-refractivity contribution in [3.05, 3.63) is 53.1 Å². The first kappa shape index (κ1) is 98.4. The van der Waals surface area contributed by atoms with E-state index in [4.69, 9.17) is 57.9 Å². The van der Waals surface area contributed by atoms with Gasteiger partial charge in [0.25, 0.3) is 5.91 Å². The minimum atomic E-state index is -2.47. The maximum atomic E-state index is 15.3. The third-order valence-corrected chi connectivity index (χ3v) is 21.3.